The maximum absolute atomic E-state index is 13.6. The topological polar surface area (TPSA) is 24.1 Å². The van der Waals surface area contributed by atoms with E-state index in [-0.39, 0.29) is 5.83 Å². The predicted molar refractivity (Wildman–Crippen MR) is 60.1 cm³/mol. The normalized spacial score (nSPS) is 28.3. The minimum atomic E-state index is -0.0766. The number of piperidine rings is 1. The molecule has 1 atom stereocenters. The Morgan fingerprint density at radius 2 is 2.13 bits per heavy atom. The second kappa shape index (κ2) is 4.79. The van der Waals surface area contributed by atoms with Gasteiger partial charge in [-0.25, -0.2) is 4.39 Å². The molecular weight excluding hydrogens is 191 g/mol. The lowest BCUT2D eigenvalue weighted by Gasteiger charge is -2.27. The number of hydrogen-bond donors (Lipinski definition) is 2. The van der Waals surface area contributed by atoms with Crippen molar-refractivity contribution in [1.29, 1.82) is 0 Å². The first-order valence-corrected chi connectivity index (χ1v) is 5.81. The molecule has 84 valence electrons. The largest absolute Gasteiger partial charge is 0.380 e. The van der Waals surface area contributed by atoms with Gasteiger partial charge in [0, 0.05) is 6.04 Å². The van der Waals surface area contributed by atoms with Crippen LogP contribution in [-0.4, -0.2) is 19.1 Å². The molecular formula is C12H19FN2. The summed E-state index contributed by atoms with van der Waals surface area (Å²) >= 11 is 0. The molecule has 1 saturated heterocycles. The predicted octanol–water partition coefficient (Wildman–Crippen LogP) is 2.11. The first-order chi connectivity index (χ1) is 7.25. The molecule has 2 nitrogen and oxygen atoms in total. The summed E-state index contributed by atoms with van der Waals surface area (Å²) in [5.74, 6) is 0.260. The van der Waals surface area contributed by atoms with Crippen LogP contribution in [0.5, 0.6) is 0 Å². The van der Waals surface area contributed by atoms with E-state index in [1.54, 1.807) is 6.08 Å². The van der Waals surface area contributed by atoms with Gasteiger partial charge in [0.1, 0.15) is 5.83 Å². The van der Waals surface area contributed by atoms with E-state index in [1.807, 2.05) is 13.0 Å². The summed E-state index contributed by atoms with van der Waals surface area (Å²) in [4.78, 5) is 0. The molecule has 0 aromatic carbocycles. The molecule has 0 bridgehead atoms. The Balaban J connectivity index is 1.91. The van der Waals surface area contributed by atoms with Gasteiger partial charge in [0.2, 0.25) is 0 Å². The summed E-state index contributed by atoms with van der Waals surface area (Å²) in [6, 6.07) is 0.435. The zero-order valence-corrected chi connectivity index (χ0v) is 9.22. The van der Waals surface area contributed by atoms with Crippen LogP contribution in [0.25, 0.3) is 0 Å². The van der Waals surface area contributed by atoms with Gasteiger partial charge >= 0.3 is 0 Å². The lowest BCUT2D eigenvalue weighted by Crippen LogP contribution is -2.39. The molecule has 0 radical (unpaired) electrons. The highest BCUT2D eigenvalue weighted by Crippen LogP contribution is 2.22. The van der Waals surface area contributed by atoms with Crippen LogP contribution in [0.1, 0.15) is 26.2 Å². The third kappa shape index (κ3) is 2.81. The van der Waals surface area contributed by atoms with Crippen molar-refractivity contribution in [2.75, 3.05) is 13.1 Å². The highest BCUT2D eigenvalue weighted by molar-refractivity contribution is 5.28. The quantitative estimate of drug-likeness (QED) is 0.729. The number of halogens is 1. The molecule has 1 heterocycles. The number of allylic oxidation sites excluding steroid dienone is 3. The molecule has 0 aromatic heterocycles. The molecule has 15 heavy (non-hydrogen) atoms. The fourth-order valence-corrected chi connectivity index (χ4v) is 2.12. The molecule has 1 fully saturated rings. The van der Waals surface area contributed by atoms with Gasteiger partial charge in [-0.2, -0.15) is 0 Å². The molecule has 0 saturated carbocycles. The second-order valence-electron chi connectivity index (χ2n) is 4.51. The van der Waals surface area contributed by atoms with Crippen LogP contribution in [0, 0.1) is 5.92 Å². The average Bonchev–Trinajstić information content (AvgIpc) is 2.24. The van der Waals surface area contributed by atoms with E-state index in [9.17, 15) is 4.39 Å². The molecule has 0 spiro atoms. The molecule has 0 amide bonds. The third-order valence-electron chi connectivity index (χ3n) is 3.08. The zero-order valence-electron chi connectivity index (χ0n) is 9.22. The highest BCUT2D eigenvalue weighted by Gasteiger charge is 2.18. The van der Waals surface area contributed by atoms with Crippen molar-refractivity contribution in [3.63, 3.8) is 0 Å². The Hall–Kier alpha value is -0.830. The smallest absolute Gasteiger partial charge is 0.142 e. The second-order valence-corrected chi connectivity index (χ2v) is 4.51. The fourth-order valence-electron chi connectivity index (χ4n) is 2.12. The fraction of sp³-hybridized carbons (Fsp3) is 0.667. The van der Waals surface area contributed by atoms with Crippen molar-refractivity contribution < 1.29 is 4.39 Å². The Kier molecular flexibility index (Phi) is 3.41. The summed E-state index contributed by atoms with van der Waals surface area (Å²) in [6.07, 6.45) is 6.81. The van der Waals surface area contributed by atoms with E-state index < -0.39 is 0 Å². The molecule has 0 aromatic rings. The van der Waals surface area contributed by atoms with Crippen molar-refractivity contribution in [2.45, 2.75) is 32.2 Å². The summed E-state index contributed by atoms with van der Waals surface area (Å²) in [5, 5.41) is 6.61. The molecule has 1 aliphatic carbocycles. The van der Waals surface area contributed by atoms with E-state index in [1.165, 1.54) is 0 Å². The van der Waals surface area contributed by atoms with Gasteiger partial charge in [0.05, 0.1) is 5.70 Å². The van der Waals surface area contributed by atoms with Crippen LogP contribution in [0.4, 0.5) is 4.39 Å². The van der Waals surface area contributed by atoms with Gasteiger partial charge in [0.15, 0.2) is 0 Å². The van der Waals surface area contributed by atoms with Gasteiger partial charge in [-0.3, -0.25) is 0 Å². The molecule has 2 N–H and O–H groups in total. The van der Waals surface area contributed by atoms with E-state index in [0.29, 0.717) is 17.7 Å². The summed E-state index contributed by atoms with van der Waals surface area (Å²) in [6.45, 7) is 4.11. The molecule has 1 aliphatic heterocycles. The van der Waals surface area contributed by atoms with Crippen LogP contribution in [-0.2, 0) is 0 Å². The van der Waals surface area contributed by atoms with E-state index in [2.05, 4.69) is 10.6 Å². The summed E-state index contributed by atoms with van der Waals surface area (Å²) in [7, 11) is 0. The van der Waals surface area contributed by atoms with Crippen LogP contribution in [0.3, 0.4) is 0 Å². The Labute approximate surface area is 90.6 Å². The standard InChI is InChI=1S/C12H19FN2/c1-9-2-3-12(11(13)8-9)15-10-4-6-14-7-5-10/h3,8-10,14-15H,2,4-7H2,1H3. The lowest BCUT2D eigenvalue weighted by molar-refractivity contribution is 0.404. The van der Waals surface area contributed by atoms with Gasteiger partial charge in [-0.15, -0.1) is 0 Å². The first kappa shape index (κ1) is 10.7. The highest BCUT2D eigenvalue weighted by atomic mass is 19.1. The molecule has 3 heteroatoms. The minimum absolute atomic E-state index is 0.0766. The zero-order chi connectivity index (χ0) is 10.7. The molecule has 1 unspecified atom stereocenters. The van der Waals surface area contributed by atoms with E-state index in [4.69, 9.17) is 0 Å². The van der Waals surface area contributed by atoms with Gasteiger partial charge in [-0.1, -0.05) is 13.0 Å². The lowest BCUT2D eigenvalue weighted by atomic mass is 9.99. The van der Waals surface area contributed by atoms with Crippen LogP contribution < -0.4 is 10.6 Å². The van der Waals surface area contributed by atoms with Gasteiger partial charge in [0.25, 0.3) is 0 Å². The number of rotatable bonds is 2. The van der Waals surface area contributed by atoms with Crippen molar-refractivity contribution in [3.8, 4) is 0 Å². The van der Waals surface area contributed by atoms with E-state index >= 15 is 0 Å². The first-order valence-electron chi connectivity index (χ1n) is 5.81. The van der Waals surface area contributed by atoms with Crippen molar-refractivity contribution in [3.05, 3.63) is 23.7 Å². The van der Waals surface area contributed by atoms with Crippen molar-refractivity contribution in [2.24, 2.45) is 5.92 Å². The van der Waals surface area contributed by atoms with E-state index in [0.717, 1.165) is 32.4 Å². The Morgan fingerprint density at radius 3 is 2.80 bits per heavy atom. The van der Waals surface area contributed by atoms with Crippen molar-refractivity contribution >= 4 is 0 Å². The maximum atomic E-state index is 13.6. The van der Waals surface area contributed by atoms with Crippen molar-refractivity contribution in [1.82, 2.24) is 10.6 Å². The van der Waals surface area contributed by atoms with Gasteiger partial charge < -0.3 is 10.6 Å². The molecule has 2 aliphatic rings. The Bertz CT molecular complexity index is 277. The van der Waals surface area contributed by atoms with Crippen LogP contribution in [0.15, 0.2) is 23.7 Å². The molecule has 2 rings (SSSR count). The number of nitrogens with one attached hydrogen (secondary N) is 2. The van der Waals surface area contributed by atoms with Gasteiger partial charge in [-0.05, 0) is 44.3 Å². The average molecular weight is 210 g/mol. The summed E-state index contributed by atoms with van der Waals surface area (Å²) < 4.78 is 13.6. The summed E-state index contributed by atoms with van der Waals surface area (Å²) in [5.41, 5.74) is 0.708. The monoisotopic (exact) mass is 210 g/mol. The maximum Gasteiger partial charge on any atom is 0.142 e. The number of hydrogen-bond acceptors (Lipinski definition) is 2. The Morgan fingerprint density at radius 1 is 1.40 bits per heavy atom. The third-order valence-corrected chi connectivity index (χ3v) is 3.08. The van der Waals surface area contributed by atoms with Crippen LogP contribution >= 0.6 is 0 Å². The minimum Gasteiger partial charge on any atom is -0.380 e. The SMILES string of the molecule is CC1C=C(F)C(NC2CCNCC2)=CC1. The van der Waals surface area contributed by atoms with Crippen LogP contribution in [0.2, 0.25) is 0 Å².